The number of hydrogen-bond donors (Lipinski definition) is 3. The number of amides is 3. The zero-order valence-electron chi connectivity index (χ0n) is 17.1. The van der Waals surface area contributed by atoms with E-state index in [4.69, 9.17) is 0 Å². The van der Waals surface area contributed by atoms with Crippen molar-refractivity contribution in [1.29, 1.82) is 0 Å². The lowest BCUT2D eigenvalue weighted by molar-refractivity contribution is -0.113. The van der Waals surface area contributed by atoms with E-state index in [1.807, 2.05) is 79.7 Å². The van der Waals surface area contributed by atoms with Gasteiger partial charge in [-0.2, -0.15) is 0 Å². The Morgan fingerprint density at radius 1 is 0.800 bits per heavy atom. The first-order chi connectivity index (χ1) is 14.5. The van der Waals surface area contributed by atoms with E-state index in [1.54, 1.807) is 0 Å². The Morgan fingerprint density at radius 3 is 2.13 bits per heavy atom. The van der Waals surface area contributed by atoms with Gasteiger partial charge in [-0.1, -0.05) is 43.3 Å². The Kier molecular flexibility index (Phi) is 7.51. The second kappa shape index (κ2) is 10.5. The van der Waals surface area contributed by atoms with Gasteiger partial charge in [-0.25, -0.2) is 4.79 Å². The predicted molar refractivity (Wildman–Crippen MR) is 125 cm³/mol. The lowest BCUT2D eigenvalue weighted by Gasteiger charge is -2.13. The summed E-state index contributed by atoms with van der Waals surface area (Å²) < 4.78 is 0. The minimum Gasteiger partial charge on any atom is -0.325 e. The fraction of sp³-hybridized carbons (Fsp3) is 0.167. The maximum Gasteiger partial charge on any atom is 0.323 e. The maximum atomic E-state index is 12.4. The van der Waals surface area contributed by atoms with Crippen LogP contribution in [-0.2, 0) is 11.2 Å². The second-order valence-electron chi connectivity index (χ2n) is 6.77. The van der Waals surface area contributed by atoms with Crippen molar-refractivity contribution < 1.29 is 9.59 Å². The zero-order valence-corrected chi connectivity index (χ0v) is 17.9. The molecule has 3 N–H and O–H groups in total. The largest absolute Gasteiger partial charge is 0.325 e. The van der Waals surface area contributed by atoms with E-state index in [0.717, 1.165) is 33.8 Å². The summed E-state index contributed by atoms with van der Waals surface area (Å²) in [6, 6.07) is 22.4. The number of carbonyl (C=O) groups is 2. The molecule has 154 valence electrons. The molecule has 0 aromatic heterocycles. The van der Waals surface area contributed by atoms with Crippen LogP contribution in [0.5, 0.6) is 0 Å². The highest BCUT2D eigenvalue weighted by Crippen LogP contribution is 2.24. The standard InChI is InChI=1S/C24H25N3O2S/c1-3-18-9-7-8-17(2)23(18)27-22(28)16-30-21-14-12-20(13-15-21)26-24(29)25-19-10-5-4-6-11-19/h4-15H,3,16H2,1-2H3,(H,27,28)(H2,25,26,29). The average Bonchev–Trinajstić information content (AvgIpc) is 2.75. The summed E-state index contributed by atoms with van der Waals surface area (Å²) >= 11 is 1.46. The minimum atomic E-state index is -0.300. The molecule has 0 unspecified atom stereocenters. The summed E-state index contributed by atoms with van der Waals surface area (Å²) in [5, 5.41) is 8.60. The van der Waals surface area contributed by atoms with Gasteiger partial charge in [-0.3, -0.25) is 4.79 Å². The summed E-state index contributed by atoms with van der Waals surface area (Å²) in [5.41, 5.74) is 4.53. The van der Waals surface area contributed by atoms with Gasteiger partial charge in [0.2, 0.25) is 5.91 Å². The molecule has 0 atom stereocenters. The number of thioether (sulfide) groups is 1. The molecule has 0 aliphatic carbocycles. The first kappa shape index (κ1) is 21.5. The minimum absolute atomic E-state index is 0.0339. The van der Waals surface area contributed by atoms with E-state index in [0.29, 0.717) is 11.4 Å². The highest BCUT2D eigenvalue weighted by molar-refractivity contribution is 8.00. The van der Waals surface area contributed by atoms with E-state index in [9.17, 15) is 9.59 Å². The third-order valence-electron chi connectivity index (χ3n) is 4.52. The number of para-hydroxylation sites is 2. The van der Waals surface area contributed by atoms with Gasteiger partial charge in [0.1, 0.15) is 0 Å². The fourth-order valence-corrected chi connectivity index (χ4v) is 3.67. The quantitative estimate of drug-likeness (QED) is 0.416. The molecule has 0 aliphatic rings. The van der Waals surface area contributed by atoms with Crippen molar-refractivity contribution in [3.05, 3.63) is 83.9 Å². The zero-order chi connectivity index (χ0) is 21.3. The predicted octanol–water partition coefficient (Wildman–Crippen LogP) is 5.93. The third kappa shape index (κ3) is 6.12. The summed E-state index contributed by atoms with van der Waals surface area (Å²) in [7, 11) is 0. The van der Waals surface area contributed by atoms with Crippen molar-refractivity contribution in [3.63, 3.8) is 0 Å². The van der Waals surface area contributed by atoms with Gasteiger partial charge in [0.15, 0.2) is 0 Å². The molecule has 0 radical (unpaired) electrons. The van der Waals surface area contributed by atoms with Gasteiger partial charge in [-0.15, -0.1) is 11.8 Å². The molecule has 0 bridgehead atoms. The van der Waals surface area contributed by atoms with Crippen molar-refractivity contribution in [1.82, 2.24) is 0 Å². The summed E-state index contributed by atoms with van der Waals surface area (Å²) in [5.74, 6) is 0.284. The van der Waals surface area contributed by atoms with E-state index in [-0.39, 0.29) is 11.9 Å². The molecule has 3 aromatic carbocycles. The number of nitrogens with one attached hydrogen (secondary N) is 3. The van der Waals surface area contributed by atoms with Gasteiger partial charge >= 0.3 is 6.03 Å². The Labute approximate surface area is 181 Å². The van der Waals surface area contributed by atoms with E-state index < -0.39 is 0 Å². The van der Waals surface area contributed by atoms with Crippen LogP contribution in [0.2, 0.25) is 0 Å². The molecule has 3 rings (SSSR count). The Bertz CT molecular complexity index is 1000. The molecule has 5 nitrogen and oxygen atoms in total. The summed E-state index contributed by atoms with van der Waals surface area (Å²) in [6.07, 6.45) is 0.872. The van der Waals surface area contributed by atoms with Gasteiger partial charge in [-0.05, 0) is 60.9 Å². The summed E-state index contributed by atoms with van der Waals surface area (Å²) in [6.45, 7) is 4.08. The topological polar surface area (TPSA) is 70.2 Å². The molecule has 0 heterocycles. The lowest BCUT2D eigenvalue weighted by Crippen LogP contribution is -2.19. The number of rotatable bonds is 7. The molecule has 0 fully saturated rings. The Balaban J connectivity index is 1.50. The van der Waals surface area contributed by atoms with Crippen LogP contribution in [0.25, 0.3) is 0 Å². The normalized spacial score (nSPS) is 10.3. The molecule has 6 heteroatoms. The number of hydrogen-bond acceptors (Lipinski definition) is 3. The van der Waals surface area contributed by atoms with Gasteiger partial charge in [0, 0.05) is 22.0 Å². The molecule has 0 saturated carbocycles. The number of urea groups is 1. The van der Waals surface area contributed by atoms with Crippen molar-refractivity contribution in [3.8, 4) is 0 Å². The molecule has 0 spiro atoms. The number of carbonyl (C=O) groups excluding carboxylic acids is 2. The molecular formula is C24H25N3O2S. The molecule has 3 amide bonds. The maximum absolute atomic E-state index is 12.4. The summed E-state index contributed by atoms with van der Waals surface area (Å²) in [4.78, 5) is 25.4. The third-order valence-corrected chi connectivity index (χ3v) is 5.53. The van der Waals surface area contributed by atoms with E-state index >= 15 is 0 Å². The number of aryl methyl sites for hydroxylation is 2. The van der Waals surface area contributed by atoms with Crippen molar-refractivity contribution in [2.45, 2.75) is 25.2 Å². The van der Waals surface area contributed by atoms with Crippen LogP contribution in [0.15, 0.2) is 77.7 Å². The molecule has 0 aliphatic heterocycles. The second-order valence-corrected chi connectivity index (χ2v) is 7.82. The van der Waals surface area contributed by atoms with E-state index in [2.05, 4.69) is 22.9 Å². The van der Waals surface area contributed by atoms with Gasteiger partial charge in [0.05, 0.1) is 5.75 Å². The number of anilines is 3. The molecular weight excluding hydrogens is 394 g/mol. The molecule has 3 aromatic rings. The van der Waals surface area contributed by atoms with Crippen LogP contribution in [0.4, 0.5) is 21.9 Å². The lowest BCUT2D eigenvalue weighted by atomic mass is 10.1. The van der Waals surface area contributed by atoms with Crippen molar-refractivity contribution in [2.24, 2.45) is 0 Å². The highest BCUT2D eigenvalue weighted by atomic mass is 32.2. The highest BCUT2D eigenvalue weighted by Gasteiger charge is 2.09. The smallest absolute Gasteiger partial charge is 0.323 e. The number of benzene rings is 3. The fourth-order valence-electron chi connectivity index (χ4n) is 2.98. The molecule has 0 saturated heterocycles. The van der Waals surface area contributed by atoms with Crippen LogP contribution in [-0.4, -0.2) is 17.7 Å². The van der Waals surface area contributed by atoms with E-state index in [1.165, 1.54) is 11.8 Å². The van der Waals surface area contributed by atoms with Crippen LogP contribution in [0, 0.1) is 6.92 Å². The average molecular weight is 420 g/mol. The first-order valence-corrected chi connectivity index (χ1v) is 10.8. The monoisotopic (exact) mass is 419 g/mol. The SMILES string of the molecule is CCc1cccc(C)c1NC(=O)CSc1ccc(NC(=O)Nc2ccccc2)cc1. The van der Waals surface area contributed by atoms with Crippen LogP contribution in [0.1, 0.15) is 18.1 Å². The van der Waals surface area contributed by atoms with Gasteiger partial charge < -0.3 is 16.0 Å². The van der Waals surface area contributed by atoms with Crippen LogP contribution >= 0.6 is 11.8 Å². The van der Waals surface area contributed by atoms with Crippen molar-refractivity contribution in [2.75, 3.05) is 21.7 Å². The van der Waals surface area contributed by atoms with Crippen molar-refractivity contribution >= 4 is 40.8 Å². The molecule has 30 heavy (non-hydrogen) atoms. The van der Waals surface area contributed by atoms with Gasteiger partial charge in [0.25, 0.3) is 0 Å². The van der Waals surface area contributed by atoms with Crippen LogP contribution in [0.3, 0.4) is 0 Å². The Hall–Kier alpha value is -3.25. The first-order valence-electron chi connectivity index (χ1n) is 9.79. The Morgan fingerprint density at radius 2 is 1.47 bits per heavy atom. The van der Waals surface area contributed by atoms with Crippen LogP contribution < -0.4 is 16.0 Å².